The van der Waals surface area contributed by atoms with E-state index in [1.807, 2.05) is 6.92 Å². The molecule has 0 N–H and O–H groups in total. The van der Waals surface area contributed by atoms with Crippen LogP contribution in [0, 0.1) is 6.92 Å². The van der Waals surface area contributed by atoms with Crippen LogP contribution in [-0.2, 0) is 0 Å². The molecule has 0 fully saturated rings. The molecule has 1 aromatic rings. The van der Waals surface area contributed by atoms with Gasteiger partial charge in [-0.15, -0.1) is 10.2 Å². The maximum Gasteiger partial charge on any atom is 0.174 e. The van der Waals surface area contributed by atoms with Crippen molar-refractivity contribution in [3.63, 3.8) is 0 Å². The van der Waals surface area contributed by atoms with E-state index >= 15 is 0 Å². The fourth-order valence-electron chi connectivity index (χ4n) is 1.14. The maximum absolute atomic E-state index is 4.08. The Hall–Kier alpha value is -0.130. The number of hydrogen-bond acceptors (Lipinski definition) is 5. The van der Waals surface area contributed by atoms with Crippen molar-refractivity contribution in [1.29, 1.82) is 0 Å². The second kappa shape index (κ2) is 6.37. The number of aromatic nitrogens is 2. The maximum atomic E-state index is 4.08. The molecule has 14 heavy (non-hydrogen) atoms. The van der Waals surface area contributed by atoms with Crippen molar-refractivity contribution in [2.24, 2.45) is 0 Å². The molecule has 0 saturated heterocycles. The zero-order chi connectivity index (χ0) is 10.4. The van der Waals surface area contributed by atoms with Gasteiger partial charge in [-0.2, -0.15) is 0 Å². The second-order valence-corrected chi connectivity index (χ2v) is 5.49. The van der Waals surface area contributed by atoms with Crippen LogP contribution >= 0.6 is 23.1 Å². The Bertz CT molecular complexity index is 258. The third-order valence-corrected chi connectivity index (χ3v) is 3.99. The van der Waals surface area contributed by atoms with Crippen molar-refractivity contribution >= 4 is 23.1 Å². The Morgan fingerprint density at radius 1 is 1.29 bits per heavy atom. The average Bonchev–Trinajstić information content (AvgIpc) is 2.59. The van der Waals surface area contributed by atoms with Gasteiger partial charge in [0.1, 0.15) is 5.01 Å². The zero-order valence-electron chi connectivity index (χ0n) is 8.99. The molecule has 0 aliphatic carbocycles. The molecule has 1 rings (SSSR count). The molecule has 0 saturated carbocycles. The molecule has 3 nitrogen and oxygen atoms in total. The molecule has 0 unspecified atom stereocenters. The van der Waals surface area contributed by atoms with Gasteiger partial charge in [0.05, 0.1) is 0 Å². The normalized spacial score (nSPS) is 11.1. The van der Waals surface area contributed by atoms with E-state index in [2.05, 4.69) is 28.9 Å². The Kier molecular flexibility index (Phi) is 5.44. The summed E-state index contributed by atoms with van der Waals surface area (Å²) in [7, 11) is 0. The van der Waals surface area contributed by atoms with Crippen LogP contribution < -0.4 is 0 Å². The minimum Gasteiger partial charge on any atom is -0.303 e. The summed E-state index contributed by atoms with van der Waals surface area (Å²) in [6.07, 6.45) is 0. The Balaban J connectivity index is 2.21. The first-order chi connectivity index (χ1) is 6.76. The number of hydrogen-bond donors (Lipinski definition) is 0. The molecule has 0 bridgehead atoms. The number of nitrogens with zero attached hydrogens (tertiary/aromatic N) is 3. The number of rotatable bonds is 6. The van der Waals surface area contributed by atoms with E-state index in [9.17, 15) is 0 Å². The highest BCUT2D eigenvalue weighted by Crippen LogP contribution is 2.21. The van der Waals surface area contributed by atoms with Gasteiger partial charge in [0.2, 0.25) is 0 Å². The standard InChI is InChI=1S/C9H17N3S2/c1-4-12(5-2)6-7-13-9-11-10-8(3)14-9/h4-7H2,1-3H3. The fourth-order valence-corrected chi connectivity index (χ4v) is 3.02. The molecule has 1 heterocycles. The molecular weight excluding hydrogens is 214 g/mol. The molecule has 0 radical (unpaired) electrons. The molecule has 0 aliphatic rings. The SMILES string of the molecule is CCN(CC)CCSc1nnc(C)s1. The Morgan fingerprint density at radius 2 is 2.00 bits per heavy atom. The van der Waals surface area contributed by atoms with Crippen molar-refractivity contribution in [1.82, 2.24) is 15.1 Å². The van der Waals surface area contributed by atoms with Crippen LogP contribution in [0.25, 0.3) is 0 Å². The van der Waals surface area contributed by atoms with E-state index < -0.39 is 0 Å². The topological polar surface area (TPSA) is 29.0 Å². The predicted molar refractivity (Wildman–Crippen MR) is 63.2 cm³/mol. The van der Waals surface area contributed by atoms with Gasteiger partial charge in [-0.05, 0) is 20.0 Å². The van der Waals surface area contributed by atoms with E-state index in [-0.39, 0.29) is 0 Å². The summed E-state index contributed by atoms with van der Waals surface area (Å²) < 4.78 is 1.09. The zero-order valence-corrected chi connectivity index (χ0v) is 10.6. The van der Waals surface area contributed by atoms with Gasteiger partial charge in [0.15, 0.2) is 4.34 Å². The summed E-state index contributed by atoms with van der Waals surface area (Å²) >= 11 is 3.48. The van der Waals surface area contributed by atoms with Crippen molar-refractivity contribution in [2.75, 3.05) is 25.4 Å². The van der Waals surface area contributed by atoms with E-state index in [0.29, 0.717) is 0 Å². The van der Waals surface area contributed by atoms with Crippen molar-refractivity contribution < 1.29 is 0 Å². The van der Waals surface area contributed by atoms with Crippen LogP contribution in [0.15, 0.2) is 4.34 Å². The van der Waals surface area contributed by atoms with Crippen LogP contribution in [0.2, 0.25) is 0 Å². The molecule has 80 valence electrons. The quantitative estimate of drug-likeness (QED) is 0.702. The first-order valence-electron chi connectivity index (χ1n) is 4.91. The molecular formula is C9H17N3S2. The highest BCUT2D eigenvalue weighted by Gasteiger charge is 2.02. The van der Waals surface area contributed by atoms with Crippen LogP contribution in [-0.4, -0.2) is 40.5 Å². The first-order valence-corrected chi connectivity index (χ1v) is 6.71. The largest absolute Gasteiger partial charge is 0.303 e. The van der Waals surface area contributed by atoms with Crippen molar-refractivity contribution in [2.45, 2.75) is 25.1 Å². The van der Waals surface area contributed by atoms with Gasteiger partial charge in [-0.25, -0.2) is 0 Å². The highest BCUT2D eigenvalue weighted by molar-refractivity contribution is 8.01. The monoisotopic (exact) mass is 231 g/mol. The van der Waals surface area contributed by atoms with Crippen molar-refractivity contribution in [3.8, 4) is 0 Å². The van der Waals surface area contributed by atoms with Gasteiger partial charge in [-0.1, -0.05) is 36.9 Å². The molecule has 0 spiro atoms. The molecule has 0 aliphatic heterocycles. The Labute approximate surface area is 93.9 Å². The van der Waals surface area contributed by atoms with Gasteiger partial charge >= 0.3 is 0 Å². The summed E-state index contributed by atoms with van der Waals surface area (Å²) in [5.74, 6) is 1.11. The lowest BCUT2D eigenvalue weighted by atomic mass is 10.5. The molecule has 0 aromatic carbocycles. The van der Waals surface area contributed by atoms with E-state index in [4.69, 9.17) is 0 Å². The van der Waals surface area contributed by atoms with Gasteiger partial charge in [-0.3, -0.25) is 0 Å². The average molecular weight is 231 g/mol. The molecule has 0 atom stereocenters. The lowest BCUT2D eigenvalue weighted by Crippen LogP contribution is -2.25. The van der Waals surface area contributed by atoms with Gasteiger partial charge in [0.25, 0.3) is 0 Å². The summed E-state index contributed by atoms with van der Waals surface area (Å²) in [6, 6.07) is 0. The third kappa shape index (κ3) is 3.94. The lowest BCUT2D eigenvalue weighted by Gasteiger charge is -2.16. The summed E-state index contributed by atoms with van der Waals surface area (Å²) in [5, 5.41) is 9.12. The van der Waals surface area contributed by atoms with Crippen molar-refractivity contribution in [3.05, 3.63) is 5.01 Å². The van der Waals surface area contributed by atoms with Gasteiger partial charge < -0.3 is 4.90 Å². The highest BCUT2D eigenvalue weighted by atomic mass is 32.2. The second-order valence-electron chi connectivity index (χ2n) is 2.96. The van der Waals surface area contributed by atoms with E-state index in [1.165, 1.54) is 0 Å². The fraction of sp³-hybridized carbons (Fsp3) is 0.778. The summed E-state index contributed by atoms with van der Waals surface area (Å²) in [4.78, 5) is 2.42. The Morgan fingerprint density at radius 3 is 2.50 bits per heavy atom. The minimum absolute atomic E-state index is 1.05. The van der Waals surface area contributed by atoms with E-state index in [0.717, 1.165) is 34.7 Å². The minimum atomic E-state index is 1.05. The smallest absolute Gasteiger partial charge is 0.174 e. The van der Waals surface area contributed by atoms with E-state index in [1.54, 1.807) is 23.1 Å². The molecule has 0 amide bonds. The third-order valence-electron chi connectivity index (χ3n) is 2.03. The molecule has 5 heteroatoms. The van der Waals surface area contributed by atoms with Crippen LogP contribution in [0.3, 0.4) is 0 Å². The predicted octanol–water partition coefficient (Wildman–Crippen LogP) is 2.28. The number of thioether (sulfide) groups is 1. The summed E-state index contributed by atoms with van der Waals surface area (Å²) in [6.45, 7) is 9.79. The van der Waals surface area contributed by atoms with Gasteiger partial charge in [0, 0.05) is 12.3 Å². The van der Waals surface area contributed by atoms with Crippen LogP contribution in [0.5, 0.6) is 0 Å². The first kappa shape index (κ1) is 11.9. The van der Waals surface area contributed by atoms with Crippen LogP contribution in [0.1, 0.15) is 18.9 Å². The van der Waals surface area contributed by atoms with Crippen LogP contribution in [0.4, 0.5) is 0 Å². The number of aryl methyl sites for hydroxylation is 1. The summed E-state index contributed by atoms with van der Waals surface area (Å²) in [5.41, 5.74) is 0. The lowest BCUT2D eigenvalue weighted by molar-refractivity contribution is 0.324. The molecule has 1 aromatic heterocycles.